The molecule has 0 saturated carbocycles. The third-order valence-electron chi connectivity index (χ3n) is 4.48. The molecule has 1 fully saturated rings. The van der Waals surface area contributed by atoms with Gasteiger partial charge in [0.15, 0.2) is 9.84 Å². The molecule has 0 unspecified atom stereocenters. The van der Waals surface area contributed by atoms with Crippen LogP contribution in [0.5, 0.6) is 5.88 Å². The molecule has 1 aromatic carbocycles. The van der Waals surface area contributed by atoms with Gasteiger partial charge < -0.3 is 9.64 Å². The summed E-state index contributed by atoms with van der Waals surface area (Å²) in [5.74, 6) is 0.0748. The molecule has 0 aliphatic carbocycles. The summed E-state index contributed by atoms with van der Waals surface area (Å²) < 4.78 is 30.5. The fourth-order valence-corrected chi connectivity index (χ4v) is 4.26. The monoisotopic (exact) mass is 389 g/mol. The SMILES string of the molecule is Cc1ccc(O[C@H]2CCCN(C(=O)CCS(=O)(=O)c3ccccc3)C2)nn1. The second-order valence-corrected chi connectivity index (χ2v) is 8.73. The van der Waals surface area contributed by atoms with E-state index in [2.05, 4.69) is 10.2 Å². The molecule has 27 heavy (non-hydrogen) atoms. The summed E-state index contributed by atoms with van der Waals surface area (Å²) >= 11 is 0. The van der Waals surface area contributed by atoms with Crippen LogP contribution in [0.2, 0.25) is 0 Å². The molecule has 1 aromatic heterocycles. The highest BCUT2D eigenvalue weighted by Gasteiger charge is 2.26. The Balaban J connectivity index is 1.54. The van der Waals surface area contributed by atoms with E-state index in [9.17, 15) is 13.2 Å². The maximum Gasteiger partial charge on any atom is 0.233 e. The van der Waals surface area contributed by atoms with Crippen LogP contribution in [0.4, 0.5) is 0 Å². The van der Waals surface area contributed by atoms with Gasteiger partial charge in [-0.3, -0.25) is 4.79 Å². The van der Waals surface area contributed by atoms with Crippen LogP contribution in [-0.4, -0.2) is 54.4 Å². The number of carbonyl (C=O) groups is 1. The van der Waals surface area contributed by atoms with Crippen molar-refractivity contribution in [2.75, 3.05) is 18.8 Å². The lowest BCUT2D eigenvalue weighted by Crippen LogP contribution is -2.44. The van der Waals surface area contributed by atoms with E-state index < -0.39 is 9.84 Å². The van der Waals surface area contributed by atoms with Crippen molar-refractivity contribution in [3.05, 3.63) is 48.2 Å². The quantitative estimate of drug-likeness (QED) is 0.751. The van der Waals surface area contributed by atoms with E-state index in [0.717, 1.165) is 18.5 Å². The number of ether oxygens (including phenoxy) is 1. The number of nitrogens with zero attached hydrogens (tertiary/aromatic N) is 3. The van der Waals surface area contributed by atoms with E-state index >= 15 is 0 Å². The van der Waals surface area contributed by atoms with Gasteiger partial charge in [-0.05, 0) is 38.0 Å². The Labute approximate surface area is 159 Å². The minimum absolute atomic E-state index is 0.0334. The van der Waals surface area contributed by atoms with Gasteiger partial charge in [0.25, 0.3) is 0 Å². The normalized spacial score (nSPS) is 17.5. The highest BCUT2D eigenvalue weighted by Crippen LogP contribution is 2.18. The van der Waals surface area contributed by atoms with Gasteiger partial charge in [-0.15, -0.1) is 5.10 Å². The Bertz CT molecular complexity index is 870. The molecule has 1 amide bonds. The smallest absolute Gasteiger partial charge is 0.233 e. The number of piperidine rings is 1. The molecule has 1 saturated heterocycles. The zero-order valence-corrected chi connectivity index (χ0v) is 16.1. The zero-order chi connectivity index (χ0) is 19.3. The van der Waals surface area contributed by atoms with Gasteiger partial charge in [0.05, 0.1) is 22.9 Å². The van der Waals surface area contributed by atoms with Crippen LogP contribution in [-0.2, 0) is 14.6 Å². The van der Waals surface area contributed by atoms with Crippen molar-refractivity contribution in [3.8, 4) is 5.88 Å². The van der Waals surface area contributed by atoms with E-state index in [1.54, 1.807) is 41.3 Å². The maximum atomic E-state index is 12.5. The number of likely N-dealkylation sites (tertiary alicyclic amines) is 1. The third kappa shape index (κ3) is 5.26. The average Bonchev–Trinajstić information content (AvgIpc) is 2.69. The van der Waals surface area contributed by atoms with Crippen molar-refractivity contribution in [1.29, 1.82) is 0 Å². The molecule has 0 N–H and O–H groups in total. The molecular formula is C19H23N3O4S. The van der Waals surface area contributed by atoms with Crippen molar-refractivity contribution in [3.63, 3.8) is 0 Å². The average molecular weight is 389 g/mol. The van der Waals surface area contributed by atoms with E-state index in [-0.39, 0.29) is 29.1 Å². The van der Waals surface area contributed by atoms with Crippen LogP contribution < -0.4 is 4.74 Å². The first-order chi connectivity index (χ1) is 12.9. The molecule has 1 aliphatic rings. The molecule has 3 rings (SSSR count). The van der Waals surface area contributed by atoms with Crippen molar-refractivity contribution in [1.82, 2.24) is 15.1 Å². The van der Waals surface area contributed by atoms with Gasteiger partial charge in [0, 0.05) is 19.0 Å². The number of hydrogen-bond donors (Lipinski definition) is 0. The van der Waals surface area contributed by atoms with Crippen LogP contribution in [0, 0.1) is 6.92 Å². The minimum Gasteiger partial charge on any atom is -0.471 e. The molecule has 1 aliphatic heterocycles. The van der Waals surface area contributed by atoms with Crippen molar-refractivity contribution < 1.29 is 17.9 Å². The number of aromatic nitrogens is 2. The number of benzene rings is 1. The highest BCUT2D eigenvalue weighted by molar-refractivity contribution is 7.91. The second kappa shape index (κ2) is 8.47. The standard InChI is InChI=1S/C19H23N3O4S/c1-15-9-10-18(21-20-15)26-16-6-5-12-22(14-16)19(23)11-13-27(24,25)17-7-3-2-4-8-17/h2-4,7-10,16H,5-6,11-14H2,1H3/t16-/m0/s1. The summed E-state index contributed by atoms with van der Waals surface area (Å²) in [6.07, 6.45) is 1.43. The summed E-state index contributed by atoms with van der Waals surface area (Å²) in [5, 5.41) is 7.95. The highest BCUT2D eigenvalue weighted by atomic mass is 32.2. The van der Waals surface area contributed by atoms with E-state index in [0.29, 0.717) is 19.0 Å². The lowest BCUT2D eigenvalue weighted by Gasteiger charge is -2.32. The number of rotatable bonds is 6. The Morgan fingerprint density at radius 1 is 1.19 bits per heavy atom. The van der Waals surface area contributed by atoms with Gasteiger partial charge in [-0.25, -0.2) is 8.42 Å². The molecular weight excluding hydrogens is 366 g/mol. The lowest BCUT2D eigenvalue weighted by molar-refractivity contribution is -0.133. The van der Waals surface area contributed by atoms with Gasteiger partial charge in [-0.2, -0.15) is 5.10 Å². The van der Waals surface area contributed by atoms with Gasteiger partial charge in [-0.1, -0.05) is 18.2 Å². The number of carbonyl (C=O) groups excluding carboxylic acids is 1. The Kier molecular flexibility index (Phi) is 6.05. The first-order valence-corrected chi connectivity index (χ1v) is 10.6. The van der Waals surface area contributed by atoms with Gasteiger partial charge in [0.2, 0.25) is 11.8 Å². The van der Waals surface area contributed by atoms with Gasteiger partial charge in [0.1, 0.15) is 6.10 Å². The predicted molar refractivity (Wildman–Crippen MR) is 100 cm³/mol. The fraction of sp³-hybridized carbons (Fsp3) is 0.421. The van der Waals surface area contributed by atoms with Crippen LogP contribution in [0.1, 0.15) is 25.0 Å². The summed E-state index contributed by atoms with van der Waals surface area (Å²) in [6.45, 7) is 2.89. The molecule has 7 nitrogen and oxygen atoms in total. The molecule has 0 radical (unpaired) electrons. The molecule has 2 aromatic rings. The van der Waals surface area contributed by atoms with Crippen LogP contribution >= 0.6 is 0 Å². The van der Waals surface area contributed by atoms with Crippen LogP contribution in [0.3, 0.4) is 0 Å². The maximum absolute atomic E-state index is 12.5. The van der Waals surface area contributed by atoms with Crippen LogP contribution in [0.15, 0.2) is 47.4 Å². The van der Waals surface area contributed by atoms with Crippen molar-refractivity contribution >= 4 is 15.7 Å². The number of sulfone groups is 1. The molecule has 0 bridgehead atoms. The zero-order valence-electron chi connectivity index (χ0n) is 15.2. The molecule has 0 spiro atoms. The first kappa shape index (κ1) is 19.3. The second-order valence-electron chi connectivity index (χ2n) is 6.62. The van der Waals surface area contributed by atoms with E-state index in [1.165, 1.54) is 0 Å². The number of aryl methyl sites for hydroxylation is 1. The Morgan fingerprint density at radius 3 is 2.67 bits per heavy atom. The first-order valence-electron chi connectivity index (χ1n) is 8.96. The Hall–Kier alpha value is -2.48. The van der Waals surface area contributed by atoms with Crippen LogP contribution in [0.25, 0.3) is 0 Å². The fourth-order valence-electron chi connectivity index (χ4n) is 3.01. The Morgan fingerprint density at radius 2 is 1.96 bits per heavy atom. The number of hydrogen-bond acceptors (Lipinski definition) is 6. The van der Waals surface area contributed by atoms with E-state index in [1.807, 2.05) is 13.0 Å². The molecule has 8 heteroatoms. The lowest BCUT2D eigenvalue weighted by atomic mass is 10.1. The van der Waals surface area contributed by atoms with E-state index in [4.69, 9.17) is 4.74 Å². The summed E-state index contributed by atoms with van der Waals surface area (Å²) in [4.78, 5) is 14.4. The largest absolute Gasteiger partial charge is 0.471 e. The summed E-state index contributed by atoms with van der Waals surface area (Å²) in [7, 11) is -3.46. The summed E-state index contributed by atoms with van der Waals surface area (Å²) in [5.41, 5.74) is 0.808. The van der Waals surface area contributed by atoms with Crippen molar-refractivity contribution in [2.24, 2.45) is 0 Å². The minimum atomic E-state index is -3.46. The summed E-state index contributed by atoms with van der Waals surface area (Å²) in [6, 6.07) is 11.8. The molecule has 144 valence electrons. The van der Waals surface area contributed by atoms with Gasteiger partial charge >= 0.3 is 0 Å². The molecule has 2 heterocycles. The topological polar surface area (TPSA) is 89.5 Å². The van der Waals surface area contributed by atoms with Crippen molar-refractivity contribution in [2.45, 2.75) is 37.2 Å². The third-order valence-corrected chi connectivity index (χ3v) is 6.21. The predicted octanol–water partition coefficient (Wildman–Crippen LogP) is 2.02. The number of amides is 1. The molecule has 1 atom stereocenters.